The van der Waals surface area contributed by atoms with Crippen LogP contribution in [0.25, 0.3) is 0 Å². The lowest BCUT2D eigenvalue weighted by atomic mass is 10.6. The van der Waals surface area contributed by atoms with E-state index in [-0.39, 0.29) is 0 Å². The number of rotatable bonds is 2. The van der Waals surface area contributed by atoms with Crippen molar-refractivity contribution in [3.05, 3.63) is 11.9 Å². The SMILES string of the molecule is C[Si](O)Cc1cn[nH]n1. The third kappa shape index (κ3) is 1.94. The topological polar surface area (TPSA) is 61.8 Å². The normalized spacial score (nSPS) is 10.6. The average Bonchev–Trinajstić information content (AvgIpc) is 2.15. The van der Waals surface area contributed by atoms with Crippen LogP contribution >= 0.6 is 0 Å². The lowest BCUT2D eigenvalue weighted by Crippen LogP contribution is -2.10. The molecule has 0 saturated heterocycles. The minimum absolute atomic E-state index is 0.668. The van der Waals surface area contributed by atoms with Gasteiger partial charge in [-0.05, 0) is 6.55 Å². The average molecular weight is 142 g/mol. The molecule has 4 nitrogen and oxygen atoms in total. The van der Waals surface area contributed by atoms with Gasteiger partial charge in [-0.1, -0.05) is 0 Å². The molecule has 0 amide bonds. The fraction of sp³-hybridized carbons (Fsp3) is 0.500. The van der Waals surface area contributed by atoms with Crippen molar-refractivity contribution in [3.63, 3.8) is 0 Å². The Morgan fingerprint density at radius 2 is 2.67 bits per heavy atom. The quantitative estimate of drug-likeness (QED) is 0.547. The van der Waals surface area contributed by atoms with Crippen LogP contribution < -0.4 is 0 Å². The van der Waals surface area contributed by atoms with Crippen molar-refractivity contribution < 1.29 is 4.80 Å². The van der Waals surface area contributed by atoms with E-state index >= 15 is 0 Å². The van der Waals surface area contributed by atoms with Crippen molar-refractivity contribution in [2.75, 3.05) is 0 Å². The maximum Gasteiger partial charge on any atom is 0.209 e. The maximum atomic E-state index is 8.94. The second-order valence-electron chi connectivity index (χ2n) is 1.87. The Labute approximate surface area is 54.6 Å². The van der Waals surface area contributed by atoms with Gasteiger partial charge in [-0.15, -0.1) is 0 Å². The molecule has 0 bridgehead atoms. The number of hydrogen-bond acceptors (Lipinski definition) is 3. The van der Waals surface area contributed by atoms with Crippen LogP contribution in [-0.4, -0.2) is 29.2 Å². The van der Waals surface area contributed by atoms with Crippen LogP contribution in [0.15, 0.2) is 6.20 Å². The number of aromatic amines is 1. The number of aromatic nitrogens is 3. The minimum Gasteiger partial charge on any atom is -0.431 e. The third-order valence-corrected chi connectivity index (χ3v) is 1.78. The monoisotopic (exact) mass is 142 g/mol. The summed E-state index contributed by atoms with van der Waals surface area (Å²) >= 11 is 0. The molecule has 1 rings (SSSR count). The van der Waals surface area contributed by atoms with Crippen LogP contribution in [0.3, 0.4) is 0 Å². The number of hydrogen-bond donors (Lipinski definition) is 2. The van der Waals surface area contributed by atoms with E-state index < -0.39 is 9.04 Å². The predicted octanol–water partition coefficient (Wildman–Crippen LogP) is -0.500. The summed E-state index contributed by atoms with van der Waals surface area (Å²) < 4.78 is 0. The van der Waals surface area contributed by atoms with Gasteiger partial charge in [0.15, 0.2) is 0 Å². The highest BCUT2D eigenvalue weighted by molar-refractivity contribution is 6.47. The van der Waals surface area contributed by atoms with Gasteiger partial charge in [-0.3, -0.25) is 0 Å². The smallest absolute Gasteiger partial charge is 0.209 e. The van der Waals surface area contributed by atoms with Crippen molar-refractivity contribution in [2.24, 2.45) is 0 Å². The molecule has 0 aliphatic carbocycles. The molecule has 0 spiro atoms. The van der Waals surface area contributed by atoms with Crippen LogP contribution in [0.2, 0.25) is 6.55 Å². The standard InChI is InChI=1S/C4H8N3OSi/c1-9(8)3-4-2-5-7-6-4/h2,8H,3H2,1H3,(H,5,6,7). The molecule has 0 unspecified atom stereocenters. The van der Waals surface area contributed by atoms with Gasteiger partial charge in [0, 0.05) is 6.04 Å². The van der Waals surface area contributed by atoms with Gasteiger partial charge >= 0.3 is 0 Å². The molecule has 1 aromatic heterocycles. The molecule has 1 radical (unpaired) electrons. The van der Waals surface area contributed by atoms with E-state index in [4.69, 9.17) is 4.80 Å². The van der Waals surface area contributed by atoms with Crippen LogP contribution in [0, 0.1) is 0 Å². The van der Waals surface area contributed by atoms with E-state index in [1.165, 1.54) is 0 Å². The lowest BCUT2D eigenvalue weighted by Gasteiger charge is -1.92. The fourth-order valence-corrected chi connectivity index (χ4v) is 1.27. The zero-order valence-electron chi connectivity index (χ0n) is 5.13. The lowest BCUT2D eigenvalue weighted by molar-refractivity contribution is 0.575. The van der Waals surface area contributed by atoms with Crippen LogP contribution in [0.4, 0.5) is 0 Å². The van der Waals surface area contributed by atoms with E-state index in [2.05, 4.69) is 15.4 Å². The largest absolute Gasteiger partial charge is 0.431 e. The summed E-state index contributed by atoms with van der Waals surface area (Å²) in [5, 5.41) is 9.87. The van der Waals surface area contributed by atoms with E-state index in [0.717, 1.165) is 5.69 Å². The fourth-order valence-electron chi connectivity index (χ4n) is 0.573. The molecule has 1 heterocycles. The number of nitrogens with zero attached hydrogens (tertiary/aromatic N) is 2. The van der Waals surface area contributed by atoms with Gasteiger partial charge in [0.2, 0.25) is 9.04 Å². The van der Waals surface area contributed by atoms with Gasteiger partial charge < -0.3 is 4.80 Å². The molecule has 9 heavy (non-hydrogen) atoms. The first-order chi connectivity index (χ1) is 4.29. The maximum absolute atomic E-state index is 8.94. The van der Waals surface area contributed by atoms with Gasteiger partial charge in [0.05, 0.1) is 11.9 Å². The van der Waals surface area contributed by atoms with E-state index in [9.17, 15) is 0 Å². The van der Waals surface area contributed by atoms with E-state index in [0.29, 0.717) is 6.04 Å². The van der Waals surface area contributed by atoms with Gasteiger partial charge in [0.1, 0.15) is 0 Å². The molecule has 49 valence electrons. The predicted molar refractivity (Wildman–Crippen MR) is 33.9 cm³/mol. The Bertz CT molecular complexity index is 162. The Morgan fingerprint density at radius 3 is 3.11 bits per heavy atom. The number of nitrogens with one attached hydrogen (secondary N) is 1. The highest BCUT2D eigenvalue weighted by Gasteiger charge is 2.02. The third-order valence-electron chi connectivity index (χ3n) is 0.902. The van der Waals surface area contributed by atoms with Crippen molar-refractivity contribution in [3.8, 4) is 0 Å². The molecule has 2 N–H and O–H groups in total. The summed E-state index contributed by atoms with van der Waals surface area (Å²) in [6.07, 6.45) is 1.63. The highest BCUT2D eigenvalue weighted by atomic mass is 28.3. The van der Waals surface area contributed by atoms with Crippen molar-refractivity contribution in [2.45, 2.75) is 12.6 Å². The first-order valence-corrected chi connectivity index (χ1v) is 4.80. The molecule has 0 aliphatic rings. The summed E-state index contributed by atoms with van der Waals surface area (Å²) in [6.45, 7) is 1.82. The molecule has 0 aromatic carbocycles. The molecule has 0 saturated carbocycles. The molecule has 0 fully saturated rings. The Hall–Kier alpha value is -0.683. The van der Waals surface area contributed by atoms with Gasteiger partial charge in [-0.25, -0.2) is 0 Å². The van der Waals surface area contributed by atoms with Crippen LogP contribution in [0.1, 0.15) is 5.69 Å². The van der Waals surface area contributed by atoms with Crippen molar-refractivity contribution in [1.29, 1.82) is 0 Å². The first-order valence-electron chi connectivity index (χ1n) is 2.65. The molecule has 0 atom stereocenters. The Kier molecular flexibility index (Phi) is 1.96. The van der Waals surface area contributed by atoms with Crippen molar-refractivity contribution >= 4 is 9.04 Å². The summed E-state index contributed by atoms with van der Waals surface area (Å²) in [5.41, 5.74) is 0.842. The minimum atomic E-state index is -1.18. The van der Waals surface area contributed by atoms with Gasteiger partial charge in [0.25, 0.3) is 0 Å². The van der Waals surface area contributed by atoms with Crippen LogP contribution in [-0.2, 0) is 6.04 Å². The van der Waals surface area contributed by atoms with E-state index in [1.807, 2.05) is 6.55 Å². The Morgan fingerprint density at radius 1 is 1.89 bits per heavy atom. The molecular formula is C4H8N3OSi. The molecular weight excluding hydrogens is 134 g/mol. The summed E-state index contributed by atoms with van der Waals surface area (Å²) in [5.74, 6) is 0. The summed E-state index contributed by atoms with van der Waals surface area (Å²) in [4.78, 5) is 8.94. The summed E-state index contributed by atoms with van der Waals surface area (Å²) in [6, 6.07) is 0.668. The second kappa shape index (κ2) is 2.74. The Balaban J connectivity index is 2.48. The molecule has 0 aliphatic heterocycles. The first kappa shape index (κ1) is 6.44. The summed E-state index contributed by atoms with van der Waals surface area (Å²) in [7, 11) is -1.18. The zero-order chi connectivity index (χ0) is 6.69. The van der Waals surface area contributed by atoms with Crippen molar-refractivity contribution in [1.82, 2.24) is 15.4 Å². The van der Waals surface area contributed by atoms with E-state index in [1.54, 1.807) is 6.20 Å². The molecule has 5 heteroatoms. The van der Waals surface area contributed by atoms with Crippen LogP contribution in [0.5, 0.6) is 0 Å². The van der Waals surface area contributed by atoms with Gasteiger partial charge in [-0.2, -0.15) is 15.4 Å². The zero-order valence-corrected chi connectivity index (χ0v) is 6.13. The number of H-pyrrole nitrogens is 1. The molecule has 1 aromatic rings. The highest BCUT2D eigenvalue weighted by Crippen LogP contribution is 1.91. The second-order valence-corrected chi connectivity index (χ2v) is 3.70.